The molecule has 48 heavy (non-hydrogen) atoms. The number of amides is 4. The first kappa shape index (κ1) is 33.8. The van der Waals surface area contributed by atoms with Crippen molar-refractivity contribution in [1.29, 1.82) is 0 Å². The van der Waals surface area contributed by atoms with Gasteiger partial charge in [-0.15, -0.1) is 0 Å². The van der Waals surface area contributed by atoms with Gasteiger partial charge in [-0.1, -0.05) is 72.8 Å². The van der Waals surface area contributed by atoms with Gasteiger partial charge in [0, 0.05) is 6.54 Å². The van der Waals surface area contributed by atoms with Crippen molar-refractivity contribution in [3.63, 3.8) is 0 Å². The Morgan fingerprint density at radius 3 is 1.83 bits per heavy atom. The smallest absolute Gasteiger partial charge is 0.429 e. The molecule has 2 heterocycles. The summed E-state index contributed by atoms with van der Waals surface area (Å²) < 4.78 is 16.6. The molecule has 3 aromatic carbocycles. The second kappa shape index (κ2) is 14.5. The van der Waals surface area contributed by atoms with Gasteiger partial charge in [0.05, 0.1) is 17.5 Å². The third-order valence-electron chi connectivity index (χ3n) is 7.75. The quantitative estimate of drug-likeness (QED) is 0.183. The maximum Gasteiger partial charge on any atom is 0.429 e. The molecule has 2 atom stereocenters. The number of esters is 2. The van der Waals surface area contributed by atoms with E-state index in [2.05, 4.69) is 0 Å². The molecular weight excluding hydrogens is 618 g/mol. The zero-order valence-corrected chi connectivity index (χ0v) is 27.0. The molecule has 1 fully saturated rings. The molecule has 1 saturated heterocycles. The molecule has 12 nitrogen and oxygen atoms in total. The van der Waals surface area contributed by atoms with Crippen molar-refractivity contribution in [2.45, 2.75) is 70.9 Å². The van der Waals surface area contributed by atoms with Crippen LogP contribution in [0.2, 0.25) is 0 Å². The fraction of sp³-hybridized carbons (Fsp3) is 0.333. The molecule has 2 aliphatic heterocycles. The second-order valence-corrected chi connectivity index (χ2v) is 12.4. The van der Waals surface area contributed by atoms with E-state index in [0.29, 0.717) is 22.4 Å². The summed E-state index contributed by atoms with van der Waals surface area (Å²) in [4.78, 5) is 83.2. The maximum atomic E-state index is 14.7. The van der Waals surface area contributed by atoms with E-state index in [4.69, 9.17) is 14.2 Å². The zero-order valence-electron chi connectivity index (χ0n) is 27.0. The van der Waals surface area contributed by atoms with E-state index < -0.39 is 59.9 Å². The number of rotatable bonds is 9. The van der Waals surface area contributed by atoms with Crippen LogP contribution in [0.25, 0.3) is 0 Å². The number of fused-ring (bicyclic) bond motifs is 1. The molecule has 12 heteroatoms. The summed E-state index contributed by atoms with van der Waals surface area (Å²) in [6, 6.07) is 20.7. The van der Waals surface area contributed by atoms with Crippen molar-refractivity contribution in [2.24, 2.45) is 0 Å². The molecule has 3 aromatic rings. The van der Waals surface area contributed by atoms with Crippen molar-refractivity contribution in [3.8, 4) is 0 Å². The molecule has 2 aliphatic rings. The highest BCUT2D eigenvalue weighted by Gasteiger charge is 2.50. The highest BCUT2D eigenvalue weighted by Crippen LogP contribution is 2.30. The number of carbonyl (C=O) groups excluding carboxylic acids is 6. The fourth-order valence-corrected chi connectivity index (χ4v) is 5.55. The molecule has 4 amide bonds. The second-order valence-electron chi connectivity index (χ2n) is 12.4. The van der Waals surface area contributed by atoms with Crippen LogP contribution in [0.5, 0.6) is 0 Å². The van der Waals surface area contributed by atoms with E-state index in [1.165, 1.54) is 12.1 Å². The first-order valence-electron chi connectivity index (χ1n) is 15.6. The van der Waals surface area contributed by atoms with Crippen LogP contribution in [0.1, 0.15) is 71.9 Å². The third kappa shape index (κ3) is 7.71. The minimum Gasteiger partial charge on any atom is -0.461 e. The highest BCUT2D eigenvalue weighted by atomic mass is 16.6. The van der Waals surface area contributed by atoms with Gasteiger partial charge < -0.3 is 14.2 Å². The number of hydrogen-bond acceptors (Lipinski definition) is 9. The third-order valence-corrected chi connectivity index (χ3v) is 7.75. The predicted molar refractivity (Wildman–Crippen MR) is 171 cm³/mol. The summed E-state index contributed by atoms with van der Waals surface area (Å²) >= 11 is 0. The van der Waals surface area contributed by atoms with E-state index in [1.807, 2.05) is 6.07 Å². The Morgan fingerprint density at radius 2 is 1.29 bits per heavy atom. The Morgan fingerprint density at radius 1 is 0.771 bits per heavy atom. The molecule has 0 spiro atoms. The molecule has 0 aromatic heterocycles. The summed E-state index contributed by atoms with van der Waals surface area (Å²) in [7, 11) is 0. The minimum atomic E-state index is -1.77. The Kier molecular flexibility index (Phi) is 10.2. The van der Waals surface area contributed by atoms with Gasteiger partial charge in [-0.2, -0.15) is 0 Å². The first-order valence-corrected chi connectivity index (χ1v) is 15.6. The van der Waals surface area contributed by atoms with Gasteiger partial charge in [-0.05, 0) is 56.9 Å². The van der Waals surface area contributed by atoms with Crippen LogP contribution in [0.4, 0.5) is 4.79 Å². The summed E-state index contributed by atoms with van der Waals surface area (Å²) in [6.07, 6.45) is -1.25. The summed E-state index contributed by atoms with van der Waals surface area (Å²) in [5, 5.41) is 1.85. The monoisotopic (exact) mass is 655 g/mol. The molecular formula is C36H37N3O9. The van der Waals surface area contributed by atoms with Crippen molar-refractivity contribution in [1.82, 2.24) is 14.9 Å². The summed E-state index contributed by atoms with van der Waals surface area (Å²) in [6.45, 7) is 4.72. The van der Waals surface area contributed by atoms with Gasteiger partial charge in [-0.3, -0.25) is 24.1 Å². The number of hydrogen-bond donors (Lipinski definition) is 0. The van der Waals surface area contributed by atoms with Crippen molar-refractivity contribution >= 4 is 35.8 Å². The number of carbonyl (C=O) groups is 6. The van der Waals surface area contributed by atoms with Gasteiger partial charge in [0.25, 0.3) is 17.7 Å². The Labute approximate surface area is 278 Å². The number of nitrogens with zero attached hydrogens (tertiary/aromatic N) is 3. The summed E-state index contributed by atoms with van der Waals surface area (Å²) in [5.41, 5.74) is 0.543. The van der Waals surface area contributed by atoms with Crippen LogP contribution in [-0.4, -0.2) is 74.9 Å². The van der Waals surface area contributed by atoms with Gasteiger partial charge >= 0.3 is 18.0 Å². The molecule has 250 valence electrons. The van der Waals surface area contributed by atoms with E-state index in [9.17, 15) is 28.8 Å². The lowest BCUT2D eigenvalue weighted by Crippen LogP contribution is -2.65. The van der Waals surface area contributed by atoms with Gasteiger partial charge in [0.1, 0.15) is 24.9 Å². The molecule has 0 saturated carbocycles. The molecule has 0 aliphatic carbocycles. The SMILES string of the molecule is CC(C)(C)OC(=O)C1CCCN(C(=O)OCc2ccccc2)N1C(=O)[C@H](CC(=O)OCc1ccccc1)N1C(=O)c2ccccc2C1=O. The van der Waals surface area contributed by atoms with E-state index in [1.54, 1.807) is 87.5 Å². The number of hydrazine groups is 1. The van der Waals surface area contributed by atoms with E-state index in [-0.39, 0.29) is 37.3 Å². The highest BCUT2D eigenvalue weighted by molar-refractivity contribution is 6.23. The lowest BCUT2D eigenvalue weighted by Gasteiger charge is -2.44. The van der Waals surface area contributed by atoms with E-state index in [0.717, 1.165) is 10.0 Å². The van der Waals surface area contributed by atoms with E-state index >= 15 is 0 Å². The zero-order chi connectivity index (χ0) is 34.4. The number of imide groups is 1. The average Bonchev–Trinajstić information content (AvgIpc) is 3.33. The lowest BCUT2D eigenvalue weighted by molar-refractivity contribution is -0.183. The molecule has 0 radical (unpaired) electrons. The number of benzene rings is 3. The van der Waals surface area contributed by atoms with Crippen LogP contribution >= 0.6 is 0 Å². The normalized spacial score (nSPS) is 16.6. The van der Waals surface area contributed by atoms with Crippen LogP contribution < -0.4 is 0 Å². The average molecular weight is 656 g/mol. The first-order chi connectivity index (χ1) is 22.9. The Hall–Kier alpha value is -5.52. The Balaban J connectivity index is 1.49. The van der Waals surface area contributed by atoms with Gasteiger partial charge in [0.2, 0.25) is 0 Å². The lowest BCUT2D eigenvalue weighted by atomic mass is 10.0. The molecule has 1 unspecified atom stereocenters. The van der Waals surface area contributed by atoms with Crippen molar-refractivity contribution in [3.05, 3.63) is 107 Å². The maximum absolute atomic E-state index is 14.7. The van der Waals surface area contributed by atoms with Crippen molar-refractivity contribution < 1.29 is 43.0 Å². The minimum absolute atomic E-state index is 0.0219. The largest absolute Gasteiger partial charge is 0.461 e. The predicted octanol–water partition coefficient (Wildman–Crippen LogP) is 4.67. The summed E-state index contributed by atoms with van der Waals surface area (Å²) in [5.74, 6) is -4.29. The Bertz CT molecular complexity index is 1650. The van der Waals surface area contributed by atoms with Crippen LogP contribution in [0.3, 0.4) is 0 Å². The molecule has 0 bridgehead atoms. The van der Waals surface area contributed by atoms with Gasteiger partial charge in [-0.25, -0.2) is 19.6 Å². The van der Waals surface area contributed by atoms with Gasteiger partial charge in [0.15, 0.2) is 6.04 Å². The topological polar surface area (TPSA) is 140 Å². The standard InChI is InChI=1S/C36H37N3O9/c1-36(2,3)48-34(44)28-19-12-20-37(35(45)47-23-25-15-8-5-9-16-25)39(28)33(43)29(21-30(40)46-22-24-13-6-4-7-14-24)38-31(41)26-17-10-11-18-27(26)32(38)42/h4-11,13-18,28-29H,12,19-23H2,1-3H3/t28?,29-/m0/s1. The molecule has 5 rings (SSSR count). The molecule has 0 N–H and O–H groups in total. The van der Waals surface area contributed by atoms with Crippen LogP contribution in [-0.2, 0) is 41.8 Å². The van der Waals surface area contributed by atoms with Crippen molar-refractivity contribution in [2.75, 3.05) is 6.54 Å². The van der Waals surface area contributed by atoms with Crippen LogP contribution in [0.15, 0.2) is 84.9 Å². The number of ether oxygens (including phenoxy) is 3. The van der Waals surface area contributed by atoms with Crippen LogP contribution in [0, 0.1) is 0 Å². The fourth-order valence-electron chi connectivity index (χ4n) is 5.55.